The lowest BCUT2D eigenvalue weighted by Gasteiger charge is -2.06. The maximum atomic E-state index is 10.8. The molecule has 0 amide bonds. The second-order valence-electron chi connectivity index (χ2n) is 3.60. The average Bonchev–Trinajstić information content (AvgIpc) is 2.34. The molecular formula is C12H9IN2O3. The van der Waals surface area contributed by atoms with E-state index in [0.717, 1.165) is 9.13 Å². The molecule has 2 rings (SSSR count). The van der Waals surface area contributed by atoms with Crippen molar-refractivity contribution in [3.8, 4) is 11.6 Å². The maximum Gasteiger partial charge on any atom is 0.331 e. The van der Waals surface area contributed by atoms with Crippen LogP contribution in [0.25, 0.3) is 0 Å². The van der Waals surface area contributed by atoms with Gasteiger partial charge in [-0.2, -0.15) is 0 Å². The molecule has 0 aliphatic carbocycles. The molecule has 0 atom stereocenters. The van der Waals surface area contributed by atoms with Gasteiger partial charge in [-0.25, -0.2) is 4.98 Å². The predicted octanol–water partition coefficient (Wildman–Crippen LogP) is 3.70. The third kappa shape index (κ3) is 2.76. The first-order valence-electron chi connectivity index (χ1n) is 5.11. The Kier molecular flexibility index (Phi) is 3.75. The van der Waals surface area contributed by atoms with Crippen LogP contribution in [0.3, 0.4) is 0 Å². The number of benzene rings is 1. The van der Waals surface area contributed by atoms with Crippen molar-refractivity contribution in [1.29, 1.82) is 0 Å². The fraction of sp³-hybridized carbons (Fsp3) is 0.0833. The Morgan fingerprint density at radius 2 is 2.17 bits per heavy atom. The summed E-state index contributed by atoms with van der Waals surface area (Å²) in [7, 11) is 0. The maximum absolute atomic E-state index is 10.8. The monoisotopic (exact) mass is 356 g/mol. The van der Waals surface area contributed by atoms with E-state index in [9.17, 15) is 10.1 Å². The van der Waals surface area contributed by atoms with Crippen molar-refractivity contribution < 1.29 is 9.66 Å². The average molecular weight is 356 g/mol. The van der Waals surface area contributed by atoms with Gasteiger partial charge in [-0.3, -0.25) is 10.1 Å². The second-order valence-corrected chi connectivity index (χ2v) is 4.76. The zero-order valence-electron chi connectivity index (χ0n) is 9.46. The molecule has 0 N–H and O–H groups in total. The number of pyridine rings is 1. The van der Waals surface area contributed by atoms with Crippen molar-refractivity contribution in [3.05, 3.63) is 55.8 Å². The van der Waals surface area contributed by atoms with Crippen molar-refractivity contribution >= 4 is 28.3 Å². The van der Waals surface area contributed by atoms with Crippen LogP contribution in [-0.4, -0.2) is 9.91 Å². The predicted molar refractivity (Wildman–Crippen MR) is 74.9 cm³/mol. The molecule has 0 unspecified atom stereocenters. The van der Waals surface area contributed by atoms with Crippen LogP contribution < -0.4 is 4.74 Å². The van der Waals surface area contributed by atoms with Crippen LogP contribution in [-0.2, 0) is 0 Å². The molecule has 0 bridgehead atoms. The fourth-order valence-corrected chi connectivity index (χ4v) is 1.73. The first-order chi connectivity index (χ1) is 8.58. The molecule has 0 saturated carbocycles. The molecule has 18 heavy (non-hydrogen) atoms. The molecule has 0 spiro atoms. The largest absolute Gasteiger partial charge is 0.434 e. The number of aryl methyl sites for hydroxylation is 1. The van der Waals surface area contributed by atoms with E-state index in [1.807, 2.05) is 19.1 Å². The fourth-order valence-electron chi connectivity index (χ4n) is 1.39. The number of hydrogen-bond donors (Lipinski definition) is 0. The number of halogens is 1. The Labute approximate surface area is 117 Å². The third-order valence-electron chi connectivity index (χ3n) is 2.29. The normalized spacial score (nSPS) is 10.1. The molecule has 1 heterocycles. The highest BCUT2D eigenvalue weighted by atomic mass is 127. The van der Waals surface area contributed by atoms with E-state index in [-0.39, 0.29) is 11.6 Å². The lowest BCUT2D eigenvalue weighted by Crippen LogP contribution is -1.95. The van der Waals surface area contributed by atoms with Crippen molar-refractivity contribution in [2.24, 2.45) is 0 Å². The molecule has 0 aliphatic rings. The Hall–Kier alpha value is -1.70. The standard InChI is InChI=1S/C12H9IN2O3/c1-8-7-9(4-5-10(8)13)18-12-11(15(16)17)3-2-6-14-12/h2-7H,1H3. The summed E-state index contributed by atoms with van der Waals surface area (Å²) in [6.45, 7) is 1.95. The van der Waals surface area contributed by atoms with Crippen molar-refractivity contribution in [1.82, 2.24) is 4.98 Å². The summed E-state index contributed by atoms with van der Waals surface area (Å²) < 4.78 is 6.56. The highest BCUT2D eigenvalue weighted by Crippen LogP contribution is 2.29. The number of ether oxygens (including phenoxy) is 1. The first-order valence-corrected chi connectivity index (χ1v) is 6.19. The van der Waals surface area contributed by atoms with Crippen molar-refractivity contribution in [3.63, 3.8) is 0 Å². The molecule has 0 fully saturated rings. The van der Waals surface area contributed by atoms with Gasteiger partial charge in [0, 0.05) is 15.8 Å². The van der Waals surface area contributed by atoms with Crippen LogP contribution >= 0.6 is 22.6 Å². The van der Waals surface area contributed by atoms with Gasteiger partial charge in [0.15, 0.2) is 0 Å². The van der Waals surface area contributed by atoms with Crippen LogP contribution in [0.15, 0.2) is 36.5 Å². The molecule has 0 aliphatic heterocycles. The Balaban J connectivity index is 2.34. The minimum atomic E-state index is -0.512. The smallest absolute Gasteiger partial charge is 0.331 e. The van der Waals surface area contributed by atoms with Crippen LogP contribution in [0.1, 0.15) is 5.56 Å². The number of hydrogen-bond acceptors (Lipinski definition) is 4. The second kappa shape index (κ2) is 5.30. The molecule has 1 aromatic heterocycles. The van der Waals surface area contributed by atoms with Gasteiger partial charge in [0.2, 0.25) is 0 Å². The molecule has 0 radical (unpaired) electrons. The van der Waals surface area contributed by atoms with Gasteiger partial charge in [0.05, 0.1) is 4.92 Å². The van der Waals surface area contributed by atoms with E-state index >= 15 is 0 Å². The lowest BCUT2D eigenvalue weighted by atomic mass is 10.2. The number of rotatable bonds is 3. The molecule has 92 valence electrons. The van der Waals surface area contributed by atoms with Gasteiger partial charge in [-0.05, 0) is 59.3 Å². The Bertz CT molecular complexity index is 602. The minimum absolute atomic E-state index is 0.00288. The summed E-state index contributed by atoms with van der Waals surface area (Å²) in [5, 5.41) is 10.8. The van der Waals surface area contributed by atoms with E-state index < -0.39 is 4.92 Å². The molecular weight excluding hydrogens is 347 g/mol. The summed E-state index contributed by atoms with van der Waals surface area (Å²) in [5.74, 6) is 0.540. The zero-order chi connectivity index (χ0) is 13.1. The van der Waals surface area contributed by atoms with Gasteiger partial charge < -0.3 is 4.74 Å². The number of nitrogens with zero attached hydrogens (tertiary/aromatic N) is 2. The number of aromatic nitrogens is 1. The SMILES string of the molecule is Cc1cc(Oc2ncccc2[N+](=O)[O-])ccc1I. The molecule has 5 nitrogen and oxygen atoms in total. The highest BCUT2D eigenvalue weighted by molar-refractivity contribution is 14.1. The van der Waals surface area contributed by atoms with Crippen LogP contribution in [0, 0.1) is 20.6 Å². The summed E-state index contributed by atoms with van der Waals surface area (Å²) in [6.07, 6.45) is 1.46. The van der Waals surface area contributed by atoms with Crippen molar-refractivity contribution in [2.75, 3.05) is 0 Å². The summed E-state index contributed by atoms with van der Waals surface area (Å²) >= 11 is 2.21. The topological polar surface area (TPSA) is 65.3 Å². The van der Waals surface area contributed by atoms with E-state index in [2.05, 4.69) is 27.6 Å². The van der Waals surface area contributed by atoms with E-state index in [4.69, 9.17) is 4.74 Å². The van der Waals surface area contributed by atoms with Gasteiger partial charge in [0.25, 0.3) is 5.88 Å². The van der Waals surface area contributed by atoms with Gasteiger partial charge in [-0.15, -0.1) is 0 Å². The van der Waals surface area contributed by atoms with Gasteiger partial charge in [-0.1, -0.05) is 0 Å². The molecule has 2 aromatic rings. The van der Waals surface area contributed by atoms with Crippen molar-refractivity contribution in [2.45, 2.75) is 6.92 Å². The van der Waals surface area contributed by atoms with Gasteiger partial charge in [0.1, 0.15) is 5.75 Å². The van der Waals surface area contributed by atoms with Gasteiger partial charge >= 0.3 is 5.69 Å². The number of nitro groups is 1. The summed E-state index contributed by atoms with van der Waals surface area (Å²) in [4.78, 5) is 14.2. The van der Waals surface area contributed by atoms with E-state index in [0.29, 0.717) is 5.75 Å². The lowest BCUT2D eigenvalue weighted by molar-refractivity contribution is -0.386. The van der Waals surface area contributed by atoms with E-state index in [1.165, 1.54) is 18.3 Å². The zero-order valence-corrected chi connectivity index (χ0v) is 11.6. The molecule has 0 saturated heterocycles. The third-order valence-corrected chi connectivity index (χ3v) is 3.50. The van der Waals surface area contributed by atoms with Crippen LogP contribution in [0.2, 0.25) is 0 Å². The van der Waals surface area contributed by atoms with Crippen LogP contribution in [0.4, 0.5) is 5.69 Å². The molecule has 1 aromatic carbocycles. The Morgan fingerprint density at radius 1 is 1.39 bits per heavy atom. The van der Waals surface area contributed by atoms with Crippen LogP contribution in [0.5, 0.6) is 11.6 Å². The van der Waals surface area contributed by atoms with E-state index in [1.54, 1.807) is 6.07 Å². The molecule has 6 heteroatoms. The highest BCUT2D eigenvalue weighted by Gasteiger charge is 2.16. The minimum Gasteiger partial charge on any atom is -0.434 e. The summed E-state index contributed by atoms with van der Waals surface area (Å²) in [5.41, 5.74) is 0.903. The quantitative estimate of drug-likeness (QED) is 0.478. The Morgan fingerprint density at radius 3 is 2.83 bits per heavy atom. The summed E-state index contributed by atoms with van der Waals surface area (Å²) in [6, 6.07) is 8.33. The first kappa shape index (κ1) is 12.7.